The van der Waals surface area contributed by atoms with Gasteiger partial charge in [0, 0.05) is 18.8 Å². The topological polar surface area (TPSA) is 60.9 Å². The second-order valence-corrected chi connectivity index (χ2v) is 7.57. The Morgan fingerprint density at radius 3 is 2.71 bits per heavy atom. The Bertz CT molecular complexity index is 739. The standard InChI is InChI=1S/C17H18N2O3S2/c1-11-8-13(18-6-2-3-7-18)5-4-12(11)9-14-16(22)19(10-15(20)21)17(23)24-14/h4-5,8-9H,2-3,6-7,10H2,1H3,(H,20,21)/b14-9+. The van der Waals surface area contributed by atoms with Gasteiger partial charge in [0.2, 0.25) is 0 Å². The van der Waals surface area contributed by atoms with Gasteiger partial charge in [0.05, 0.1) is 4.91 Å². The number of carbonyl (C=O) groups is 2. The summed E-state index contributed by atoms with van der Waals surface area (Å²) in [5.74, 6) is -1.41. The molecule has 0 radical (unpaired) electrons. The lowest BCUT2D eigenvalue weighted by Gasteiger charge is -2.18. The maximum atomic E-state index is 12.3. The zero-order chi connectivity index (χ0) is 17.3. The van der Waals surface area contributed by atoms with Crippen LogP contribution < -0.4 is 4.90 Å². The van der Waals surface area contributed by atoms with Crippen LogP contribution in [0.3, 0.4) is 0 Å². The fraction of sp³-hybridized carbons (Fsp3) is 0.353. The number of benzene rings is 1. The van der Waals surface area contributed by atoms with Crippen LogP contribution in [0.25, 0.3) is 6.08 Å². The van der Waals surface area contributed by atoms with Crippen molar-refractivity contribution in [2.24, 2.45) is 0 Å². The molecule has 24 heavy (non-hydrogen) atoms. The van der Waals surface area contributed by atoms with Crippen LogP contribution in [0.1, 0.15) is 24.0 Å². The summed E-state index contributed by atoms with van der Waals surface area (Å²) < 4.78 is 0.292. The molecule has 0 atom stereocenters. The molecule has 126 valence electrons. The number of amides is 1. The number of thiocarbonyl (C=S) groups is 1. The van der Waals surface area contributed by atoms with Gasteiger partial charge in [-0.15, -0.1) is 0 Å². The number of rotatable bonds is 4. The highest BCUT2D eigenvalue weighted by atomic mass is 32.2. The Balaban J connectivity index is 1.82. The van der Waals surface area contributed by atoms with E-state index in [2.05, 4.69) is 17.0 Å². The molecule has 0 aliphatic carbocycles. The Kier molecular flexibility index (Phi) is 4.91. The summed E-state index contributed by atoms with van der Waals surface area (Å²) in [7, 11) is 0. The quantitative estimate of drug-likeness (QED) is 0.656. The Morgan fingerprint density at radius 1 is 1.38 bits per heavy atom. The third-order valence-corrected chi connectivity index (χ3v) is 5.56. The number of nitrogens with zero attached hydrogens (tertiary/aromatic N) is 2. The van der Waals surface area contributed by atoms with Gasteiger partial charge in [-0.25, -0.2) is 0 Å². The molecule has 1 amide bonds. The molecule has 0 bridgehead atoms. The number of aliphatic carboxylic acids is 1. The molecule has 0 saturated carbocycles. The highest BCUT2D eigenvalue weighted by Crippen LogP contribution is 2.33. The minimum Gasteiger partial charge on any atom is -0.480 e. The number of thioether (sulfide) groups is 1. The Labute approximate surface area is 150 Å². The van der Waals surface area contributed by atoms with Crippen molar-refractivity contribution >= 4 is 51.9 Å². The number of carboxylic acid groups (broad SMARTS) is 1. The summed E-state index contributed by atoms with van der Waals surface area (Å²) in [5, 5.41) is 8.88. The first-order valence-electron chi connectivity index (χ1n) is 7.78. The fourth-order valence-electron chi connectivity index (χ4n) is 2.91. The van der Waals surface area contributed by atoms with Crippen molar-refractivity contribution in [2.75, 3.05) is 24.5 Å². The van der Waals surface area contributed by atoms with E-state index in [1.54, 1.807) is 6.08 Å². The van der Waals surface area contributed by atoms with Gasteiger partial charge in [0.15, 0.2) is 0 Å². The molecule has 2 heterocycles. The van der Waals surface area contributed by atoms with Crippen LogP contribution in [-0.2, 0) is 9.59 Å². The van der Waals surface area contributed by atoms with Crippen molar-refractivity contribution in [3.05, 3.63) is 34.2 Å². The van der Waals surface area contributed by atoms with Crippen LogP contribution >= 0.6 is 24.0 Å². The van der Waals surface area contributed by atoms with E-state index in [-0.39, 0.29) is 5.91 Å². The third kappa shape index (κ3) is 3.47. The summed E-state index contributed by atoms with van der Waals surface area (Å²) in [6.07, 6.45) is 4.25. The van der Waals surface area contributed by atoms with Gasteiger partial charge < -0.3 is 10.0 Å². The van der Waals surface area contributed by atoms with Crippen LogP contribution in [0, 0.1) is 6.92 Å². The van der Waals surface area contributed by atoms with Gasteiger partial charge in [-0.3, -0.25) is 14.5 Å². The van der Waals surface area contributed by atoms with E-state index in [0.29, 0.717) is 9.23 Å². The van der Waals surface area contributed by atoms with Crippen molar-refractivity contribution in [3.8, 4) is 0 Å². The molecule has 3 rings (SSSR count). The molecule has 2 fully saturated rings. The first-order valence-corrected chi connectivity index (χ1v) is 9.01. The maximum Gasteiger partial charge on any atom is 0.323 e. The number of carboxylic acids is 1. The normalized spacial score (nSPS) is 19.6. The molecule has 2 aliphatic heterocycles. The van der Waals surface area contributed by atoms with Gasteiger partial charge >= 0.3 is 5.97 Å². The molecule has 1 aromatic rings. The fourth-order valence-corrected chi connectivity index (χ4v) is 4.15. The lowest BCUT2D eigenvalue weighted by Crippen LogP contribution is -2.33. The molecule has 2 aliphatic rings. The number of aryl methyl sites for hydroxylation is 1. The number of anilines is 1. The van der Waals surface area contributed by atoms with E-state index in [4.69, 9.17) is 17.3 Å². The van der Waals surface area contributed by atoms with E-state index in [1.165, 1.54) is 18.5 Å². The molecule has 5 nitrogen and oxygen atoms in total. The van der Waals surface area contributed by atoms with Crippen molar-refractivity contribution < 1.29 is 14.7 Å². The number of carbonyl (C=O) groups excluding carboxylic acids is 1. The van der Waals surface area contributed by atoms with E-state index in [0.717, 1.165) is 40.9 Å². The summed E-state index contributed by atoms with van der Waals surface area (Å²) in [5.41, 5.74) is 3.25. The monoisotopic (exact) mass is 362 g/mol. The zero-order valence-corrected chi connectivity index (χ0v) is 15.0. The highest BCUT2D eigenvalue weighted by Gasteiger charge is 2.33. The van der Waals surface area contributed by atoms with Crippen molar-refractivity contribution in [1.29, 1.82) is 0 Å². The first kappa shape index (κ1) is 17.0. The third-order valence-electron chi connectivity index (χ3n) is 4.18. The molecule has 1 aromatic carbocycles. The summed E-state index contributed by atoms with van der Waals surface area (Å²) in [6.45, 7) is 3.80. The van der Waals surface area contributed by atoms with E-state index >= 15 is 0 Å². The number of hydrogen-bond donors (Lipinski definition) is 1. The van der Waals surface area contributed by atoms with Gasteiger partial charge in [-0.1, -0.05) is 30.0 Å². The van der Waals surface area contributed by atoms with E-state index in [9.17, 15) is 9.59 Å². The minimum atomic E-state index is -1.07. The minimum absolute atomic E-state index is 0.292. The molecule has 1 N–H and O–H groups in total. The van der Waals surface area contributed by atoms with Gasteiger partial charge in [-0.05, 0) is 49.1 Å². The average Bonchev–Trinajstić information content (AvgIpc) is 3.14. The molecular weight excluding hydrogens is 344 g/mol. The molecule has 0 aromatic heterocycles. The Hall–Kier alpha value is -1.86. The molecular formula is C17H18N2O3S2. The van der Waals surface area contributed by atoms with Crippen LogP contribution in [-0.4, -0.2) is 45.8 Å². The predicted molar refractivity (Wildman–Crippen MR) is 100 cm³/mol. The Morgan fingerprint density at radius 2 is 2.08 bits per heavy atom. The van der Waals surface area contributed by atoms with Crippen LogP contribution in [0.15, 0.2) is 23.1 Å². The highest BCUT2D eigenvalue weighted by molar-refractivity contribution is 8.26. The van der Waals surface area contributed by atoms with Crippen molar-refractivity contribution in [2.45, 2.75) is 19.8 Å². The second-order valence-electron chi connectivity index (χ2n) is 5.90. The average molecular weight is 362 g/mol. The van der Waals surface area contributed by atoms with Crippen molar-refractivity contribution in [1.82, 2.24) is 4.90 Å². The van der Waals surface area contributed by atoms with Gasteiger partial charge in [0.1, 0.15) is 10.9 Å². The molecule has 0 spiro atoms. The number of hydrogen-bond acceptors (Lipinski definition) is 5. The lowest BCUT2D eigenvalue weighted by molar-refractivity contribution is -0.140. The van der Waals surface area contributed by atoms with E-state index < -0.39 is 12.5 Å². The van der Waals surface area contributed by atoms with Crippen LogP contribution in [0.4, 0.5) is 5.69 Å². The summed E-state index contributed by atoms with van der Waals surface area (Å²) in [6, 6.07) is 6.21. The smallest absolute Gasteiger partial charge is 0.323 e. The predicted octanol–water partition coefficient (Wildman–Crippen LogP) is 2.88. The zero-order valence-electron chi connectivity index (χ0n) is 13.3. The second kappa shape index (κ2) is 6.94. The first-order chi connectivity index (χ1) is 11.5. The van der Waals surface area contributed by atoms with Crippen LogP contribution in [0.2, 0.25) is 0 Å². The SMILES string of the molecule is Cc1cc(N2CCCC2)ccc1/C=C1/SC(=S)N(CC(=O)O)C1=O. The molecule has 0 unspecified atom stereocenters. The largest absolute Gasteiger partial charge is 0.480 e. The van der Waals surface area contributed by atoms with Crippen molar-refractivity contribution in [3.63, 3.8) is 0 Å². The maximum absolute atomic E-state index is 12.3. The summed E-state index contributed by atoms with van der Waals surface area (Å²) in [4.78, 5) is 27.1. The van der Waals surface area contributed by atoms with Crippen LogP contribution in [0.5, 0.6) is 0 Å². The summed E-state index contributed by atoms with van der Waals surface area (Å²) >= 11 is 6.26. The van der Waals surface area contributed by atoms with E-state index in [1.807, 2.05) is 13.0 Å². The molecule has 2 saturated heterocycles. The molecule has 7 heteroatoms. The van der Waals surface area contributed by atoms with Gasteiger partial charge in [0.25, 0.3) is 5.91 Å². The lowest BCUT2D eigenvalue weighted by atomic mass is 10.1. The van der Waals surface area contributed by atoms with Gasteiger partial charge in [-0.2, -0.15) is 0 Å².